The molecule has 4 aromatic rings. The zero-order valence-corrected chi connectivity index (χ0v) is 21.1. The Kier molecular flexibility index (Phi) is 10.4. The molecule has 0 aliphatic heterocycles. The number of benzene rings is 3. The molecular weight excluding hydrogens is 402 g/mol. The van der Waals surface area contributed by atoms with Crippen LogP contribution in [0.1, 0.15) is 60.2 Å². The zero-order chi connectivity index (χ0) is 24.2. The van der Waals surface area contributed by atoms with Gasteiger partial charge in [-0.2, -0.15) is 0 Å². The van der Waals surface area contributed by atoms with Gasteiger partial charge in [-0.3, -0.25) is 4.98 Å². The Morgan fingerprint density at radius 2 is 1.33 bits per heavy atom. The van der Waals surface area contributed by atoms with Crippen molar-refractivity contribution in [2.75, 3.05) is 0 Å². The molecule has 1 aromatic heterocycles. The van der Waals surface area contributed by atoms with Gasteiger partial charge in [-0.15, -0.1) is 0 Å². The monoisotopic (exact) mass is 439 g/mol. The van der Waals surface area contributed by atoms with Crippen molar-refractivity contribution >= 4 is 0 Å². The minimum atomic E-state index is 0.474. The maximum absolute atomic E-state index is 5.70. The molecule has 0 saturated heterocycles. The Morgan fingerprint density at radius 1 is 0.697 bits per heavy atom. The zero-order valence-electron chi connectivity index (χ0n) is 21.1. The first-order chi connectivity index (χ1) is 15.9. The maximum atomic E-state index is 5.70. The minimum absolute atomic E-state index is 0.474. The molecule has 0 aliphatic carbocycles. The van der Waals surface area contributed by atoms with Gasteiger partial charge >= 0.3 is 0 Å². The van der Waals surface area contributed by atoms with Crippen LogP contribution in [0.4, 0.5) is 0 Å². The van der Waals surface area contributed by atoms with Crippen LogP contribution in [0.3, 0.4) is 0 Å². The molecule has 0 fully saturated rings. The summed E-state index contributed by atoms with van der Waals surface area (Å²) in [5, 5.41) is 0. The second-order valence-electron chi connectivity index (χ2n) is 7.99. The summed E-state index contributed by atoms with van der Waals surface area (Å²) in [6.07, 6.45) is 1.76. The van der Waals surface area contributed by atoms with Gasteiger partial charge in [0.1, 0.15) is 11.5 Å². The van der Waals surface area contributed by atoms with Crippen LogP contribution in [-0.2, 0) is 0 Å². The average molecular weight is 440 g/mol. The van der Waals surface area contributed by atoms with E-state index in [1.807, 2.05) is 57.2 Å². The molecular formula is C31H37NO. The third kappa shape index (κ3) is 7.91. The van der Waals surface area contributed by atoms with E-state index in [1.165, 1.54) is 27.8 Å². The first-order valence-corrected chi connectivity index (χ1v) is 11.7. The second-order valence-corrected chi connectivity index (χ2v) is 7.99. The summed E-state index contributed by atoms with van der Waals surface area (Å²) in [6.45, 7) is 14.6. The highest BCUT2D eigenvalue weighted by molar-refractivity contribution is 5.38. The molecule has 2 heteroatoms. The van der Waals surface area contributed by atoms with Crippen molar-refractivity contribution < 1.29 is 4.74 Å². The van der Waals surface area contributed by atoms with E-state index in [1.54, 1.807) is 6.20 Å². The molecule has 2 nitrogen and oxygen atoms in total. The fraction of sp³-hybridized carbons (Fsp3) is 0.258. The topological polar surface area (TPSA) is 22.1 Å². The van der Waals surface area contributed by atoms with E-state index < -0.39 is 0 Å². The highest BCUT2D eigenvalue weighted by atomic mass is 16.5. The molecule has 33 heavy (non-hydrogen) atoms. The molecule has 0 spiro atoms. The van der Waals surface area contributed by atoms with Gasteiger partial charge in [-0.1, -0.05) is 92.6 Å². The Morgan fingerprint density at radius 3 is 1.94 bits per heavy atom. The number of aryl methyl sites for hydroxylation is 4. The largest absolute Gasteiger partial charge is 0.455 e. The van der Waals surface area contributed by atoms with Gasteiger partial charge in [-0.05, 0) is 68.7 Å². The molecule has 1 unspecified atom stereocenters. The first kappa shape index (κ1) is 25.9. The maximum Gasteiger partial charge on any atom is 0.148 e. The Hall–Kier alpha value is -3.39. The summed E-state index contributed by atoms with van der Waals surface area (Å²) in [6, 6.07) is 29.2. The molecule has 172 valence electrons. The van der Waals surface area contributed by atoms with E-state index in [0.717, 1.165) is 17.2 Å². The summed E-state index contributed by atoms with van der Waals surface area (Å²) < 4.78 is 5.70. The summed E-state index contributed by atoms with van der Waals surface area (Å²) >= 11 is 0. The van der Waals surface area contributed by atoms with Gasteiger partial charge in [0, 0.05) is 12.1 Å². The van der Waals surface area contributed by atoms with E-state index in [0.29, 0.717) is 5.92 Å². The van der Waals surface area contributed by atoms with Crippen molar-refractivity contribution in [3.8, 4) is 11.5 Å². The Balaban J connectivity index is 0.000000218. The molecule has 0 bridgehead atoms. The van der Waals surface area contributed by atoms with Crippen LogP contribution in [0.15, 0.2) is 91.1 Å². The minimum Gasteiger partial charge on any atom is -0.455 e. The van der Waals surface area contributed by atoms with E-state index in [2.05, 4.69) is 81.2 Å². The lowest BCUT2D eigenvalue weighted by atomic mass is 9.89. The fourth-order valence-electron chi connectivity index (χ4n) is 3.54. The Bertz CT molecular complexity index is 1100. The number of aromatic nitrogens is 1. The highest BCUT2D eigenvalue weighted by Gasteiger charge is 2.10. The highest BCUT2D eigenvalue weighted by Crippen LogP contribution is 2.27. The third-order valence-electron chi connectivity index (χ3n) is 5.40. The van der Waals surface area contributed by atoms with E-state index in [-0.39, 0.29) is 0 Å². The van der Waals surface area contributed by atoms with Crippen LogP contribution in [0, 0.1) is 27.7 Å². The molecule has 4 rings (SSSR count). The number of hydrogen-bond acceptors (Lipinski definition) is 2. The van der Waals surface area contributed by atoms with Crippen molar-refractivity contribution in [2.45, 2.75) is 54.4 Å². The normalized spacial score (nSPS) is 10.8. The molecule has 3 aromatic carbocycles. The Labute approximate surface area is 200 Å². The molecule has 0 aliphatic rings. The van der Waals surface area contributed by atoms with E-state index in [9.17, 15) is 0 Å². The van der Waals surface area contributed by atoms with E-state index in [4.69, 9.17) is 4.74 Å². The lowest BCUT2D eigenvalue weighted by molar-refractivity contribution is 0.475. The number of nitrogens with zero attached hydrogens (tertiary/aromatic N) is 1. The van der Waals surface area contributed by atoms with Crippen molar-refractivity contribution in [3.05, 3.63) is 125 Å². The number of rotatable bonds is 4. The molecule has 1 heterocycles. The average Bonchev–Trinajstić information content (AvgIpc) is 2.84. The van der Waals surface area contributed by atoms with Gasteiger partial charge in [0.05, 0.1) is 5.69 Å². The fourth-order valence-corrected chi connectivity index (χ4v) is 3.54. The summed E-state index contributed by atoms with van der Waals surface area (Å²) in [5.74, 6) is 2.12. The lowest BCUT2D eigenvalue weighted by Crippen LogP contribution is -1.98. The smallest absolute Gasteiger partial charge is 0.148 e. The van der Waals surface area contributed by atoms with Crippen LogP contribution in [0.5, 0.6) is 11.5 Å². The van der Waals surface area contributed by atoms with Crippen LogP contribution in [0.2, 0.25) is 0 Å². The summed E-state index contributed by atoms with van der Waals surface area (Å²) in [4.78, 5) is 4.17. The molecule has 1 atom stereocenters. The number of pyridine rings is 1. The van der Waals surface area contributed by atoms with Crippen LogP contribution < -0.4 is 4.74 Å². The van der Waals surface area contributed by atoms with Crippen LogP contribution in [-0.4, -0.2) is 4.98 Å². The van der Waals surface area contributed by atoms with Crippen molar-refractivity contribution in [1.82, 2.24) is 4.98 Å². The predicted octanol–water partition coefficient (Wildman–Crippen LogP) is 8.97. The van der Waals surface area contributed by atoms with Gasteiger partial charge in [0.2, 0.25) is 0 Å². The van der Waals surface area contributed by atoms with Crippen molar-refractivity contribution in [1.29, 1.82) is 0 Å². The SMILES string of the molecule is CC.Cc1ccc(C(C)c2ccccc2)c(C)c1.Cc1ccc(Oc2cccnc2C)cc1. The van der Waals surface area contributed by atoms with Crippen molar-refractivity contribution in [2.24, 2.45) is 0 Å². The van der Waals surface area contributed by atoms with E-state index >= 15 is 0 Å². The quantitative estimate of drug-likeness (QED) is 0.316. The van der Waals surface area contributed by atoms with Crippen molar-refractivity contribution in [3.63, 3.8) is 0 Å². The van der Waals surface area contributed by atoms with Gasteiger partial charge in [0.25, 0.3) is 0 Å². The molecule has 0 N–H and O–H groups in total. The first-order valence-electron chi connectivity index (χ1n) is 11.7. The van der Waals surface area contributed by atoms with Crippen LogP contribution in [0.25, 0.3) is 0 Å². The number of hydrogen-bond donors (Lipinski definition) is 0. The molecule has 0 amide bonds. The van der Waals surface area contributed by atoms with Gasteiger partial charge in [0.15, 0.2) is 0 Å². The standard InChI is InChI=1S/C16H18.C13H13NO.C2H6/c1-12-9-10-16(13(2)11-12)14(3)15-7-5-4-6-8-15;1-10-5-7-12(8-6-10)15-13-4-3-9-14-11(13)2;1-2/h4-11,14H,1-3H3;3-9H,1-2H3;1-2H3. The van der Waals surface area contributed by atoms with Crippen LogP contribution >= 0.6 is 0 Å². The van der Waals surface area contributed by atoms with Gasteiger partial charge in [-0.25, -0.2) is 0 Å². The van der Waals surface area contributed by atoms with Gasteiger partial charge < -0.3 is 4.74 Å². The summed E-state index contributed by atoms with van der Waals surface area (Å²) in [5.41, 5.74) is 7.66. The third-order valence-corrected chi connectivity index (χ3v) is 5.40. The number of ether oxygens (including phenoxy) is 1. The predicted molar refractivity (Wildman–Crippen MR) is 141 cm³/mol. The molecule has 0 radical (unpaired) electrons. The second kappa shape index (κ2) is 13.2. The molecule has 0 saturated carbocycles. The lowest BCUT2D eigenvalue weighted by Gasteiger charge is -2.15. The summed E-state index contributed by atoms with van der Waals surface area (Å²) in [7, 11) is 0.